The van der Waals surface area contributed by atoms with E-state index in [9.17, 15) is 9.59 Å². The average Bonchev–Trinajstić information content (AvgIpc) is 2.88. The molecular formula is C18H23N5O2S. The van der Waals surface area contributed by atoms with Gasteiger partial charge in [-0.2, -0.15) is 0 Å². The lowest BCUT2D eigenvalue weighted by atomic mass is 10.1. The number of nitrogens with one attached hydrogen (secondary N) is 1. The number of hydrogen-bond acceptors (Lipinski definition) is 6. The number of amides is 2. The molecule has 1 atom stereocenters. The second kappa shape index (κ2) is 8.35. The lowest BCUT2D eigenvalue weighted by molar-refractivity contribution is -0.130. The van der Waals surface area contributed by atoms with Crippen molar-refractivity contribution < 1.29 is 9.59 Å². The van der Waals surface area contributed by atoms with Crippen molar-refractivity contribution in [2.75, 3.05) is 13.1 Å². The Morgan fingerprint density at radius 2 is 2.08 bits per heavy atom. The first kappa shape index (κ1) is 18.4. The van der Waals surface area contributed by atoms with E-state index in [1.165, 1.54) is 6.20 Å². The Labute approximate surface area is 156 Å². The van der Waals surface area contributed by atoms with Gasteiger partial charge < -0.3 is 10.2 Å². The highest BCUT2D eigenvalue weighted by Gasteiger charge is 2.23. The number of hydrogen-bond donors (Lipinski definition) is 1. The van der Waals surface area contributed by atoms with Crippen molar-refractivity contribution in [2.45, 2.75) is 45.6 Å². The zero-order chi connectivity index (χ0) is 18.5. The van der Waals surface area contributed by atoms with Crippen molar-refractivity contribution in [3.8, 4) is 0 Å². The number of likely N-dealkylation sites (tertiary alicyclic amines) is 1. The molecule has 7 nitrogen and oxygen atoms in total. The summed E-state index contributed by atoms with van der Waals surface area (Å²) in [6.07, 6.45) is 5.89. The van der Waals surface area contributed by atoms with Crippen molar-refractivity contribution in [1.29, 1.82) is 0 Å². The fraction of sp³-hybridized carbons (Fsp3) is 0.500. The molecule has 1 aliphatic rings. The van der Waals surface area contributed by atoms with E-state index < -0.39 is 0 Å². The van der Waals surface area contributed by atoms with E-state index in [0.717, 1.165) is 42.2 Å². The molecule has 1 aliphatic heterocycles. The summed E-state index contributed by atoms with van der Waals surface area (Å²) >= 11 is 1.56. The molecule has 8 heteroatoms. The average molecular weight is 373 g/mol. The molecule has 26 heavy (non-hydrogen) atoms. The van der Waals surface area contributed by atoms with Gasteiger partial charge in [-0.05, 0) is 33.1 Å². The van der Waals surface area contributed by atoms with Gasteiger partial charge in [-0.3, -0.25) is 14.6 Å². The molecule has 2 amide bonds. The first-order valence-corrected chi connectivity index (χ1v) is 9.67. The van der Waals surface area contributed by atoms with Crippen LogP contribution in [0.15, 0.2) is 17.8 Å². The number of nitrogens with zero attached hydrogens (tertiary/aromatic N) is 4. The van der Waals surface area contributed by atoms with Crippen LogP contribution < -0.4 is 5.32 Å². The van der Waals surface area contributed by atoms with Crippen molar-refractivity contribution in [2.24, 2.45) is 0 Å². The number of aromatic nitrogens is 3. The van der Waals surface area contributed by atoms with Gasteiger partial charge in [0, 0.05) is 30.7 Å². The highest BCUT2D eigenvalue weighted by Crippen LogP contribution is 2.14. The molecule has 0 aliphatic carbocycles. The summed E-state index contributed by atoms with van der Waals surface area (Å²) in [5.41, 5.74) is 1.94. The standard InChI is InChI=1S/C18H23N5O2S/c1-12-9-20-16(10-19-12)18(25)22-14-4-3-6-23(7-5-14)17(24)8-15-11-26-13(2)21-15/h9-11,14H,3-8H2,1-2H3,(H,22,25)/t14-/m1/s1. The quantitative estimate of drug-likeness (QED) is 0.884. The van der Waals surface area contributed by atoms with Gasteiger partial charge >= 0.3 is 0 Å². The highest BCUT2D eigenvalue weighted by atomic mass is 32.1. The lowest BCUT2D eigenvalue weighted by Gasteiger charge is -2.20. The molecule has 138 valence electrons. The molecule has 0 saturated carbocycles. The molecule has 3 heterocycles. The number of thiazole rings is 1. The minimum Gasteiger partial charge on any atom is -0.348 e. The first-order valence-electron chi connectivity index (χ1n) is 8.79. The largest absolute Gasteiger partial charge is 0.348 e. The molecule has 1 N–H and O–H groups in total. The summed E-state index contributed by atoms with van der Waals surface area (Å²) in [4.78, 5) is 39.3. The molecular weight excluding hydrogens is 350 g/mol. The van der Waals surface area contributed by atoms with E-state index in [4.69, 9.17) is 0 Å². The maximum absolute atomic E-state index is 12.5. The summed E-state index contributed by atoms with van der Waals surface area (Å²) in [5.74, 6) is -0.105. The predicted molar refractivity (Wildman–Crippen MR) is 99.0 cm³/mol. The smallest absolute Gasteiger partial charge is 0.271 e. The molecule has 2 aromatic rings. The lowest BCUT2D eigenvalue weighted by Crippen LogP contribution is -2.37. The van der Waals surface area contributed by atoms with Crippen LogP contribution in [0.5, 0.6) is 0 Å². The summed E-state index contributed by atoms with van der Waals surface area (Å²) in [6, 6.07) is 0.0462. The molecule has 0 radical (unpaired) electrons. The number of carbonyl (C=O) groups excluding carboxylic acids is 2. The van der Waals surface area contributed by atoms with Gasteiger partial charge in [0.25, 0.3) is 5.91 Å². The van der Waals surface area contributed by atoms with Crippen LogP contribution in [0.4, 0.5) is 0 Å². The molecule has 2 aromatic heterocycles. The minimum atomic E-state index is -0.208. The van der Waals surface area contributed by atoms with Crippen molar-refractivity contribution >= 4 is 23.2 Å². The van der Waals surface area contributed by atoms with E-state index in [1.807, 2.05) is 24.1 Å². The Hall–Kier alpha value is -2.35. The van der Waals surface area contributed by atoms with E-state index in [0.29, 0.717) is 18.7 Å². The van der Waals surface area contributed by atoms with E-state index in [-0.39, 0.29) is 17.9 Å². The first-order chi connectivity index (χ1) is 12.5. The van der Waals surface area contributed by atoms with Gasteiger partial charge in [0.1, 0.15) is 5.69 Å². The number of rotatable bonds is 4. The molecule has 1 saturated heterocycles. The van der Waals surface area contributed by atoms with Crippen molar-refractivity contribution in [3.05, 3.63) is 39.9 Å². The van der Waals surface area contributed by atoms with Crippen LogP contribution in [0.25, 0.3) is 0 Å². The predicted octanol–water partition coefficient (Wildman–Crippen LogP) is 1.90. The molecule has 0 aromatic carbocycles. The van der Waals surface area contributed by atoms with E-state index in [2.05, 4.69) is 20.3 Å². The SMILES string of the molecule is Cc1cnc(C(=O)N[C@@H]2CCCN(C(=O)Cc3csc(C)n3)CC2)cn1. The highest BCUT2D eigenvalue weighted by molar-refractivity contribution is 7.09. The normalized spacial score (nSPS) is 17.6. The summed E-state index contributed by atoms with van der Waals surface area (Å²) in [7, 11) is 0. The minimum absolute atomic E-state index is 0.0462. The Bertz CT molecular complexity index is 774. The number of carbonyl (C=O) groups is 2. The zero-order valence-corrected chi connectivity index (χ0v) is 15.9. The van der Waals surface area contributed by atoms with Crippen LogP contribution >= 0.6 is 11.3 Å². The van der Waals surface area contributed by atoms with Crippen LogP contribution in [0, 0.1) is 13.8 Å². The Morgan fingerprint density at radius 1 is 1.23 bits per heavy atom. The maximum atomic E-state index is 12.5. The van der Waals surface area contributed by atoms with Crippen molar-refractivity contribution in [1.82, 2.24) is 25.2 Å². The van der Waals surface area contributed by atoms with Crippen LogP contribution in [0.2, 0.25) is 0 Å². The third-order valence-corrected chi connectivity index (χ3v) is 5.25. The van der Waals surface area contributed by atoms with E-state index in [1.54, 1.807) is 17.5 Å². The fourth-order valence-electron chi connectivity index (χ4n) is 3.02. The fourth-order valence-corrected chi connectivity index (χ4v) is 3.63. The Balaban J connectivity index is 1.52. The maximum Gasteiger partial charge on any atom is 0.271 e. The van der Waals surface area contributed by atoms with Crippen LogP contribution in [-0.2, 0) is 11.2 Å². The van der Waals surface area contributed by atoms with Gasteiger partial charge in [0.2, 0.25) is 5.91 Å². The van der Waals surface area contributed by atoms with Crippen LogP contribution in [0.3, 0.4) is 0 Å². The summed E-state index contributed by atoms with van der Waals surface area (Å²) in [5, 5.41) is 5.94. The van der Waals surface area contributed by atoms with Gasteiger partial charge in [0.15, 0.2) is 0 Å². The zero-order valence-electron chi connectivity index (χ0n) is 15.1. The topological polar surface area (TPSA) is 88.1 Å². The molecule has 3 rings (SSSR count). The summed E-state index contributed by atoms with van der Waals surface area (Å²) in [6.45, 7) is 5.14. The van der Waals surface area contributed by atoms with E-state index >= 15 is 0 Å². The van der Waals surface area contributed by atoms with Gasteiger partial charge in [-0.15, -0.1) is 11.3 Å². The Morgan fingerprint density at radius 3 is 2.77 bits per heavy atom. The molecule has 0 bridgehead atoms. The Kier molecular flexibility index (Phi) is 5.92. The van der Waals surface area contributed by atoms with Crippen molar-refractivity contribution in [3.63, 3.8) is 0 Å². The molecule has 0 spiro atoms. The van der Waals surface area contributed by atoms with Gasteiger partial charge in [0.05, 0.1) is 29.0 Å². The van der Waals surface area contributed by atoms with Crippen LogP contribution in [0.1, 0.15) is 46.1 Å². The number of aryl methyl sites for hydroxylation is 2. The second-order valence-corrected chi connectivity index (χ2v) is 7.62. The second-order valence-electron chi connectivity index (χ2n) is 6.56. The van der Waals surface area contributed by atoms with Crippen LogP contribution in [-0.4, -0.2) is 50.8 Å². The molecule has 1 fully saturated rings. The van der Waals surface area contributed by atoms with Gasteiger partial charge in [-0.25, -0.2) is 9.97 Å². The third kappa shape index (κ3) is 4.85. The monoisotopic (exact) mass is 373 g/mol. The van der Waals surface area contributed by atoms with Gasteiger partial charge in [-0.1, -0.05) is 0 Å². The third-order valence-electron chi connectivity index (χ3n) is 4.43. The molecule has 0 unspecified atom stereocenters. The summed E-state index contributed by atoms with van der Waals surface area (Å²) < 4.78 is 0.